The SMILES string of the molecule is CCSCCC(CN)(CO)CC1CC1. The van der Waals surface area contributed by atoms with Gasteiger partial charge >= 0.3 is 0 Å². The molecule has 0 heterocycles. The zero-order valence-electron chi connectivity index (χ0n) is 9.17. The summed E-state index contributed by atoms with van der Waals surface area (Å²) >= 11 is 1.95. The third-order valence-electron chi connectivity index (χ3n) is 3.17. The fraction of sp³-hybridized carbons (Fsp3) is 1.00. The molecule has 3 heteroatoms. The maximum absolute atomic E-state index is 9.46. The maximum Gasteiger partial charge on any atom is 0.0499 e. The fourth-order valence-electron chi connectivity index (χ4n) is 1.86. The van der Waals surface area contributed by atoms with Crippen LogP contribution in [0.1, 0.15) is 32.6 Å². The Morgan fingerprint density at radius 3 is 2.64 bits per heavy atom. The minimum atomic E-state index is 0.0311. The van der Waals surface area contributed by atoms with Gasteiger partial charge < -0.3 is 10.8 Å². The molecule has 14 heavy (non-hydrogen) atoms. The molecule has 1 saturated carbocycles. The van der Waals surface area contributed by atoms with Gasteiger partial charge in [0.15, 0.2) is 0 Å². The molecule has 0 spiro atoms. The monoisotopic (exact) mass is 217 g/mol. The van der Waals surface area contributed by atoms with Gasteiger partial charge in [-0.05, 0) is 30.3 Å². The summed E-state index contributed by atoms with van der Waals surface area (Å²) in [6, 6.07) is 0. The summed E-state index contributed by atoms with van der Waals surface area (Å²) in [7, 11) is 0. The second-order valence-corrected chi connectivity index (χ2v) is 5.85. The third kappa shape index (κ3) is 3.79. The quantitative estimate of drug-likeness (QED) is 0.610. The van der Waals surface area contributed by atoms with Crippen molar-refractivity contribution in [3.05, 3.63) is 0 Å². The molecule has 0 bridgehead atoms. The van der Waals surface area contributed by atoms with Gasteiger partial charge in [0.2, 0.25) is 0 Å². The first-order valence-corrected chi connectivity index (χ1v) is 6.80. The van der Waals surface area contributed by atoms with Crippen LogP contribution in [0.2, 0.25) is 0 Å². The number of thioether (sulfide) groups is 1. The largest absolute Gasteiger partial charge is 0.396 e. The average Bonchev–Trinajstić information content (AvgIpc) is 3.00. The van der Waals surface area contributed by atoms with E-state index in [1.165, 1.54) is 12.8 Å². The van der Waals surface area contributed by atoms with Crippen LogP contribution in [-0.4, -0.2) is 29.8 Å². The van der Waals surface area contributed by atoms with E-state index >= 15 is 0 Å². The molecule has 0 aromatic carbocycles. The molecule has 1 rings (SSSR count). The highest BCUT2D eigenvalue weighted by Gasteiger charge is 2.35. The van der Waals surface area contributed by atoms with Crippen LogP contribution in [0.25, 0.3) is 0 Å². The second-order valence-electron chi connectivity index (χ2n) is 4.46. The minimum absolute atomic E-state index is 0.0311. The summed E-state index contributed by atoms with van der Waals surface area (Å²) in [4.78, 5) is 0. The van der Waals surface area contributed by atoms with Crippen molar-refractivity contribution in [2.75, 3.05) is 24.7 Å². The first-order valence-electron chi connectivity index (χ1n) is 5.65. The zero-order valence-corrected chi connectivity index (χ0v) is 9.98. The van der Waals surface area contributed by atoms with Crippen LogP contribution in [0, 0.1) is 11.3 Å². The fourth-order valence-corrected chi connectivity index (χ4v) is 2.73. The van der Waals surface area contributed by atoms with Crippen molar-refractivity contribution in [2.24, 2.45) is 17.1 Å². The van der Waals surface area contributed by atoms with Crippen molar-refractivity contribution in [2.45, 2.75) is 32.6 Å². The molecule has 0 aliphatic heterocycles. The lowest BCUT2D eigenvalue weighted by Crippen LogP contribution is -2.35. The highest BCUT2D eigenvalue weighted by atomic mass is 32.2. The van der Waals surface area contributed by atoms with Crippen LogP contribution in [0.5, 0.6) is 0 Å². The highest BCUT2D eigenvalue weighted by Crippen LogP contribution is 2.41. The average molecular weight is 217 g/mol. The van der Waals surface area contributed by atoms with E-state index in [1.54, 1.807) is 0 Å². The Kier molecular flexibility index (Phi) is 5.28. The first-order chi connectivity index (χ1) is 6.76. The van der Waals surface area contributed by atoms with Gasteiger partial charge in [0.05, 0.1) is 0 Å². The number of aliphatic hydroxyl groups excluding tert-OH is 1. The van der Waals surface area contributed by atoms with E-state index in [2.05, 4.69) is 6.92 Å². The van der Waals surface area contributed by atoms with Crippen molar-refractivity contribution in [1.29, 1.82) is 0 Å². The van der Waals surface area contributed by atoms with Gasteiger partial charge in [-0.25, -0.2) is 0 Å². The molecule has 0 amide bonds. The molecular formula is C11H23NOS. The Bertz CT molecular complexity index is 155. The van der Waals surface area contributed by atoms with Crippen LogP contribution in [-0.2, 0) is 0 Å². The Balaban J connectivity index is 2.32. The van der Waals surface area contributed by atoms with Crippen molar-refractivity contribution < 1.29 is 5.11 Å². The van der Waals surface area contributed by atoms with Gasteiger partial charge in [-0.15, -0.1) is 0 Å². The third-order valence-corrected chi connectivity index (χ3v) is 4.07. The molecule has 1 atom stereocenters. The van der Waals surface area contributed by atoms with Crippen LogP contribution in [0.15, 0.2) is 0 Å². The number of hydrogen-bond acceptors (Lipinski definition) is 3. The van der Waals surface area contributed by atoms with Crippen molar-refractivity contribution in [1.82, 2.24) is 0 Å². The topological polar surface area (TPSA) is 46.2 Å². The molecule has 3 N–H and O–H groups in total. The molecule has 2 nitrogen and oxygen atoms in total. The highest BCUT2D eigenvalue weighted by molar-refractivity contribution is 7.99. The summed E-state index contributed by atoms with van der Waals surface area (Å²) in [5, 5.41) is 9.46. The van der Waals surface area contributed by atoms with Gasteiger partial charge in [0.25, 0.3) is 0 Å². The van der Waals surface area contributed by atoms with E-state index in [0.29, 0.717) is 6.54 Å². The summed E-state index contributed by atoms with van der Waals surface area (Å²) in [5.74, 6) is 3.16. The smallest absolute Gasteiger partial charge is 0.0499 e. The molecule has 0 aromatic heterocycles. The summed E-state index contributed by atoms with van der Waals surface area (Å²) in [6.07, 6.45) is 4.92. The molecule has 1 unspecified atom stereocenters. The van der Waals surface area contributed by atoms with E-state index < -0.39 is 0 Å². The molecule has 0 saturated heterocycles. The van der Waals surface area contributed by atoms with Gasteiger partial charge in [-0.3, -0.25) is 0 Å². The lowest BCUT2D eigenvalue weighted by molar-refractivity contribution is 0.113. The van der Waals surface area contributed by atoms with Crippen LogP contribution in [0.4, 0.5) is 0 Å². The summed E-state index contributed by atoms with van der Waals surface area (Å²) in [6.45, 7) is 3.09. The van der Waals surface area contributed by atoms with E-state index in [4.69, 9.17) is 5.73 Å². The molecule has 1 fully saturated rings. The number of rotatable bonds is 8. The van der Waals surface area contributed by atoms with E-state index in [9.17, 15) is 5.11 Å². The van der Waals surface area contributed by atoms with Gasteiger partial charge in [-0.2, -0.15) is 11.8 Å². The van der Waals surface area contributed by atoms with Crippen molar-refractivity contribution in [3.8, 4) is 0 Å². The second kappa shape index (κ2) is 5.99. The number of nitrogens with two attached hydrogens (primary N) is 1. The van der Waals surface area contributed by atoms with Crippen LogP contribution < -0.4 is 5.73 Å². The summed E-state index contributed by atoms with van der Waals surface area (Å²) < 4.78 is 0. The van der Waals surface area contributed by atoms with Crippen molar-refractivity contribution in [3.63, 3.8) is 0 Å². The molecule has 84 valence electrons. The van der Waals surface area contributed by atoms with Gasteiger partial charge in [0.1, 0.15) is 0 Å². The van der Waals surface area contributed by atoms with E-state index in [-0.39, 0.29) is 12.0 Å². The lowest BCUT2D eigenvalue weighted by atomic mass is 9.81. The molecular weight excluding hydrogens is 194 g/mol. The zero-order chi connectivity index (χ0) is 10.4. The summed E-state index contributed by atoms with van der Waals surface area (Å²) in [5.41, 5.74) is 5.84. The molecule has 1 aliphatic rings. The number of aliphatic hydroxyl groups is 1. The Hall–Kier alpha value is 0.270. The van der Waals surface area contributed by atoms with Gasteiger partial charge in [0, 0.05) is 18.6 Å². The van der Waals surface area contributed by atoms with E-state index in [0.717, 1.165) is 30.3 Å². The van der Waals surface area contributed by atoms with Crippen LogP contribution >= 0.6 is 11.8 Å². The predicted molar refractivity (Wildman–Crippen MR) is 63.5 cm³/mol. The standard InChI is InChI=1S/C11H23NOS/c1-2-14-6-5-11(8-12,9-13)7-10-3-4-10/h10,13H,2-9,12H2,1H3. The maximum atomic E-state index is 9.46. The Morgan fingerprint density at radius 2 is 2.21 bits per heavy atom. The normalized spacial score (nSPS) is 20.8. The van der Waals surface area contributed by atoms with Gasteiger partial charge in [-0.1, -0.05) is 19.8 Å². The minimum Gasteiger partial charge on any atom is -0.396 e. The first kappa shape index (κ1) is 12.3. The number of hydrogen-bond donors (Lipinski definition) is 2. The Labute approximate surface area is 91.6 Å². The van der Waals surface area contributed by atoms with Crippen LogP contribution in [0.3, 0.4) is 0 Å². The van der Waals surface area contributed by atoms with Crippen molar-refractivity contribution >= 4 is 11.8 Å². The molecule has 0 radical (unpaired) electrons. The lowest BCUT2D eigenvalue weighted by Gasteiger charge is -2.30. The molecule has 0 aromatic rings. The van der Waals surface area contributed by atoms with E-state index in [1.807, 2.05) is 11.8 Å². The Morgan fingerprint density at radius 1 is 1.50 bits per heavy atom. The predicted octanol–water partition coefficient (Wildman–Crippen LogP) is 1.87. The molecule has 1 aliphatic carbocycles.